The molecule has 2 rings (SSSR count). The summed E-state index contributed by atoms with van der Waals surface area (Å²) in [5.41, 5.74) is -0.0105. The number of hydrogen-bond acceptors (Lipinski definition) is 3. The Labute approximate surface area is 124 Å². The lowest BCUT2D eigenvalue weighted by Crippen LogP contribution is -2.46. The number of aliphatic hydroxyl groups is 1. The predicted octanol–water partition coefficient (Wildman–Crippen LogP) is 2.93. The van der Waals surface area contributed by atoms with Crippen LogP contribution in [0.2, 0.25) is 5.02 Å². The van der Waals surface area contributed by atoms with Crippen LogP contribution in [0.5, 0.6) is 0 Å². The van der Waals surface area contributed by atoms with Crippen molar-refractivity contribution in [3.05, 3.63) is 29.3 Å². The summed E-state index contributed by atoms with van der Waals surface area (Å²) in [5, 5.41) is 20.3. The molecule has 110 valence electrons. The molecular weight excluding hydrogens is 278 g/mol. The Morgan fingerprint density at radius 1 is 1.20 bits per heavy atom. The molecule has 0 amide bonds. The van der Waals surface area contributed by atoms with Gasteiger partial charge in [-0.3, -0.25) is 4.79 Å². The highest BCUT2D eigenvalue weighted by atomic mass is 35.5. The number of carboxylic acid groups (broad SMARTS) is 1. The van der Waals surface area contributed by atoms with Gasteiger partial charge in [-0.25, -0.2) is 0 Å². The normalized spacial score (nSPS) is 17.7. The van der Waals surface area contributed by atoms with E-state index in [9.17, 15) is 9.90 Å². The first-order valence-corrected chi connectivity index (χ1v) is 7.31. The maximum atomic E-state index is 11.0. The lowest BCUT2D eigenvalue weighted by Gasteiger charge is -2.37. The molecule has 5 heteroatoms. The zero-order chi connectivity index (χ0) is 14.6. The number of carboxylic acids is 1. The van der Waals surface area contributed by atoms with Crippen molar-refractivity contribution in [2.24, 2.45) is 0 Å². The minimum Gasteiger partial charge on any atom is -0.480 e. The van der Waals surface area contributed by atoms with Gasteiger partial charge in [0.05, 0.1) is 5.60 Å². The number of hydrogen-bond donors (Lipinski definition) is 2. The van der Waals surface area contributed by atoms with Crippen LogP contribution in [0.15, 0.2) is 24.3 Å². The van der Waals surface area contributed by atoms with Crippen molar-refractivity contribution in [2.45, 2.75) is 37.7 Å². The molecule has 1 aliphatic carbocycles. The van der Waals surface area contributed by atoms with E-state index in [1.165, 1.54) is 0 Å². The zero-order valence-corrected chi connectivity index (χ0v) is 12.1. The number of aliphatic carboxylic acids is 1. The summed E-state index contributed by atoms with van der Waals surface area (Å²) >= 11 is 5.86. The SMILES string of the molecule is O=C(O)CN(CC1(O)CCCCC1)c1ccc(Cl)cc1. The van der Waals surface area contributed by atoms with E-state index in [-0.39, 0.29) is 6.54 Å². The van der Waals surface area contributed by atoms with Crippen molar-refractivity contribution in [1.82, 2.24) is 0 Å². The van der Waals surface area contributed by atoms with Crippen molar-refractivity contribution in [3.8, 4) is 0 Å². The van der Waals surface area contributed by atoms with E-state index in [1.54, 1.807) is 29.2 Å². The first kappa shape index (κ1) is 15.1. The van der Waals surface area contributed by atoms with Gasteiger partial charge in [0.2, 0.25) is 0 Å². The van der Waals surface area contributed by atoms with Gasteiger partial charge in [-0.1, -0.05) is 30.9 Å². The minimum atomic E-state index is -0.903. The van der Waals surface area contributed by atoms with E-state index < -0.39 is 11.6 Å². The molecule has 0 aromatic heterocycles. The van der Waals surface area contributed by atoms with E-state index in [0.717, 1.165) is 37.8 Å². The molecule has 1 aromatic carbocycles. The van der Waals surface area contributed by atoms with E-state index >= 15 is 0 Å². The van der Waals surface area contributed by atoms with Crippen LogP contribution in [0.4, 0.5) is 5.69 Å². The van der Waals surface area contributed by atoms with Crippen LogP contribution in [-0.2, 0) is 4.79 Å². The Bertz CT molecular complexity index is 455. The lowest BCUT2D eigenvalue weighted by atomic mass is 9.84. The average molecular weight is 298 g/mol. The second-order valence-electron chi connectivity index (χ2n) is 5.51. The summed E-state index contributed by atoms with van der Waals surface area (Å²) in [6, 6.07) is 7.04. The Morgan fingerprint density at radius 3 is 2.35 bits per heavy atom. The summed E-state index contributed by atoms with van der Waals surface area (Å²) in [6.45, 7) is 0.227. The Morgan fingerprint density at radius 2 is 1.80 bits per heavy atom. The Balaban J connectivity index is 2.14. The standard InChI is InChI=1S/C15H20ClNO3/c16-12-4-6-13(7-5-12)17(10-14(18)19)11-15(20)8-2-1-3-9-15/h4-7,20H,1-3,8-11H2,(H,18,19). The molecule has 0 atom stereocenters. The molecule has 2 N–H and O–H groups in total. The zero-order valence-electron chi connectivity index (χ0n) is 11.4. The molecule has 1 aromatic rings. The van der Waals surface area contributed by atoms with Crippen LogP contribution in [0, 0.1) is 0 Å². The van der Waals surface area contributed by atoms with Crippen molar-refractivity contribution in [1.29, 1.82) is 0 Å². The quantitative estimate of drug-likeness (QED) is 0.877. The fourth-order valence-corrected chi connectivity index (χ4v) is 2.90. The van der Waals surface area contributed by atoms with Gasteiger partial charge in [0, 0.05) is 17.3 Å². The molecule has 0 saturated heterocycles. The topological polar surface area (TPSA) is 60.8 Å². The number of halogens is 1. The highest BCUT2D eigenvalue weighted by Gasteiger charge is 2.32. The molecule has 0 spiro atoms. The van der Waals surface area contributed by atoms with Gasteiger partial charge in [0.1, 0.15) is 6.54 Å². The van der Waals surface area contributed by atoms with E-state index in [0.29, 0.717) is 11.6 Å². The van der Waals surface area contributed by atoms with Crippen molar-refractivity contribution in [3.63, 3.8) is 0 Å². The van der Waals surface area contributed by atoms with Gasteiger partial charge in [0.15, 0.2) is 0 Å². The first-order valence-electron chi connectivity index (χ1n) is 6.93. The average Bonchev–Trinajstić information content (AvgIpc) is 2.39. The van der Waals surface area contributed by atoms with Gasteiger partial charge < -0.3 is 15.1 Å². The third-order valence-corrected chi connectivity index (χ3v) is 4.04. The molecule has 0 unspecified atom stereocenters. The minimum absolute atomic E-state index is 0.121. The highest BCUT2D eigenvalue weighted by molar-refractivity contribution is 6.30. The van der Waals surface area contributed by atoms with Crippen LogP contribution in [-0.4, -0.2) is 34.9 Å². The van der Waals surface area contributed by atoms with Gasteiger partial charge >= 0.3 is 5.97 Å². The number of nitrogens with zero attached hydrogens (tertiary/aromatic N) is 1. The summed E-state index contributed by atoms with van der Waals surface area (Å²) in [6.07, 6.45) is 4.60. The van der Waals surface area contributed by atoms with Crippen LogP contribution in [0.1, 0.15) is 32.1 Å². The number of anilines is 1. The Hall–Kier alpha value is -1.26. The summed E-state index contributed by atoms with van der Waals surface area (Å²) in [7, 11) is 0. The summed E-state index contributed by atoms with van der Waals surface area (Å²) in [4.78, 5) is 12.8. The molecule has 0 aliphatic heterocycles. The molecule has 1 aliphatic rings. The van der Waals surface area contributed by atoms with Crippen molar-refractivity contribution >= 4 is 23.3 Å². The third-order valence-electron chi connectivity index (χ3n) is 3.79. The maximum Gasteiger partial charge on any atom is 0.323 e. The molecule has 20 heavy (non-hydrogen) atoms. The molecule has 1 fully saturated rings. The second kappa shape index (κ2) is 6.46. The first-order chi connectivity index (χ1) is 9.48. The lowest BCUT2D eigenvalue weighted by molar-refractivity contribution is -0.135. The molecule has 0 radical (unpaired) electrons. The van der Waals surface area contributed by atoms with Crippen molar-refractivity contribution < 1.29 is 15.0 Å². The predicted molar refractivity (Wildman–Crippen MR) is 79.3 cm³/mol. The van der Waals surface area contributed by atoms with Crippen molar-refractivity contribution in [2.75, 3.05) is 18.0 Å². The number of rotatable bonds is 5. The summed E-state index contributed by atoms with van der Waals surface area (Å²) < 4.78 is 0. The Kier molecular flexibility index (Phi) is 4.89. The fourth-order valence-electron chi connectivity index (χ4n) is 2.78. The highest BCUT2D eigenvalue weighted by Crippen LogP contribution is 2.30. The molecular formula is C15H20ClNO3. The number of carbonyl (C=O) groups is 1. The fraction of sp³-hybridized carbons (Fsp3) is 0.533. The molecule has 4 nitrogen and oxygen atoms in total. The van der Waals surface area contributed by atoms with Gasteiger partial charge in [-0.2, -0.15) is 0 Å². The van der Waals surface area contributed by atoms with Crippen LogP contribution in [0.25, 0.3) is 0 Å². The smallest absolute Gasteiger partial charge is 0.323 e. The number of benzene rings is 1. The van der Waals surface area contributed by atoms with Gasteiger partial charge in [-0.15, -0.1) is 0 Å². The summed E-state index contributed by atoms with van der Waals surface area (Å²) in [5.74, 6) is -0.903. The van der Waals surface area contributed by atoms with Gasteiger partial charge in [0.25, 0.3) is 0 Å². The molecule has 0 heterocycles. The van der Waals surface area contributed by atoms with Crippen LogP contribution >= 0.6 is 11.6 Å². The maximum absolute atomic E-state index is 11.0. The monoisotopic (exact) mass is 297 g/mol. The molecule has 0 bridgehead atoms. The van der Waals surface area contributed by atoms with E-state index in [2.05, 4.69) is 0 Å². The third kappa shape index (κ3) is 4.12. The van der Waals surface area contributed by atoms with Crippen LogP contribution in [0.3, 0.4) is 0 Å². The van der Waals surface area contributed by atoms with E-state index in [1.807, 2.05) is 0 Å². The van der Waals surface area contributed by atoms with Gasteiger partial charge in [-0.05, 0) is 37.1 Å². The second-order valence-corrected chi connectivity index (χ2v) is 5.95. The largest absolute Gasteiger partial charge is 0.480 e. The van der Waals surface area contributed by atoms with E-state index in [4.69, 9.17) is 16.7 Å². The van der Waals surface area contributed by atoms with Crippen LogP contribution < -0.4 is 4.90 Å². The molecule has 1 saturated carbocycles.